The Labute approximate surface area is 119 Å². The van der Waals surface area contributed by atoms with Crippen molar-refractivity contribution in [3.63, 3.8) is 0 Å². The average molecular weight is 272 g/mol. The molecule has 0 radical (unpaired) electrons. The molecule has 2 rings (SSSR count). The number of hydrogen-bond acceptors (Lipinski definition) is 4. The van der Waals surface area contributed by atoms with Gasteiger partial charge in [0.25, 0.3) is 0 Å². The molecule has 0 bridgehead atoms. The second-order valence-electron chi connectivity index (χ2n) is 4.37. The zero-order valence-corrected chi connectivity index (χ0v) is 11.9. The maximum absolute atomic E-state index is 5.76. The van der Waals surface area contributed by atoms with E-state index in [9.17, 15) is 0 Å². The van der Waals surface area contributed by atoms with Gasteiger partial charge in [-0.3, -0.25) is 0 Å². The van der Waals surface area contributed by atoms with Crippen molar-refractivity contribution >= 4 is 5.82 Å². The first-order valence-electron chi connectivity index (χ1n) is 6.80. The molecule has 0 aliphatic heterocycles. The topological polar surface area (TPSA) is 43.4 Å². The van der Waals surface area contributed by atoms with Gasteiger partial charge in [-0.15, -0.1) is 0 Å². The summed E-state index contributed by atoms with van der Waals surface area (Å²) < 4.78 is 11.3. The molecule has 0 atom stereocenters. The monoisotopic (exact) mass is 272 g/mol. The lowest BCUT2D eigenvalue weighted by Gasteiger charge is -2.10. The Bertz CT molecular complexity index is 526. The Morgan fingerprint density at radius 3 is 2.40 bits per heavy atom. The number of benzene rings is 1. The highest BCUT2D eigenvalue weighted by Crippen LogP contribution is 2.20. The van der Waals surface area contributed by atoms with Gasteiger partial charge in [0.2, 0.25) is 0 Å². The minimum Gasteiger partial charge on any atom is -0.494 e. The first kappa shape index (κ1) is 14.2. The molecule has 2 aromatic rings. The van der Waals surface area contributed by atoms with Crippen LogP contribution in [0.15, 0.2) is 42.6 Å². The van der Waals surface area contributed by atoms with Gasteiger partial charge < -0.3 is 14.8 Å². The molecule has 0 aliphatic carbocycles. The van der Waals surface area contributed by atoms with Crippen LogP contribution in [0.2, 0.25) is 0 Å². The zero-order chi connectivity index (χ0) is 14.2. The summed E-state index contributed by atoms with van der Waals surface area (Å²) in [6, 6.07) is 11.6. The number of nitrogens with one attached hydrogen (secondary N) is 1. The van der Waals surface area contributed by atoms with E-state index >= 15 is 0 Å². The predicted octanol–water partition coefficient (Wildman–Crippen LogP) is 3.49. The third-order valence-electron chi connectivity index (χ3n) is 2.82. The third-order valence-corrected chi connectivity index (χ3v) is 2.82. The molecule has 1 heterocycles. The molecule has 4 heteroatoms. The molecular weight excluding hydrogens is 252 g/mol. The number of rotatable bonds is 7. The van der Waals surface area contributed by atoms with Gasteiger partial charge in [0.1, 0.15) is 23.9 Å². The van der Waals surface area contributed by atoms with Crippen LogP contribution in [0.5, 0.6) is 11.5 Å². The fourth-order valence-electron chi connectivity index (χ4n) is 1.79. The summed E-state index contributed by atoms with van der Waals surface area (Å²) >= 11 is 0. The minimum atomic E-state index is 0.485. The Hall–Kier alpha value is -2.23. The van der Waals surface area contributed by atoms with E-state index in [1.165, 1.54) is 0 Å². The van der Waals surface area contributed by atoms with Crippen LogP contribution in [0.3, 0.4) is 0 Å². The van der Waals surface area contributed by atoms with Crippen LogP contribution in [0.1, 0.15) is 18.9 Å². The van der Waals surface area contributed by atoms with E-state index in [1.54, 1.807) is 6.20 Å². The number of hydrogen-bond donors (Lipinski definition) is 1. The molecule has 0 saturated heterocycles. The molecule has 0 amide bonds. The van der Waals surface area contributed by atoms with E-state index in [0.717, 1.165) is 35.9 Å². The van der Waals surface area contributed by atoms with Crippen molar-refractivity contribution in [2.24, 2.45) is 0 Å². The molecule has 1 N–H and O–H groups in total. The second-order valence-corrected chi connectivity index (χ2v) is 4.37. The van der Waals surface area contributed by atoms with E-state index < -0.39 is 0 Å². The molecule has 0 aliphatic rings. The lowest BCUT2D eigenvalue weighted by atomic mass is 10.2. The predicted molar refractivity (Wildman–Crippen MR) is 80.3 cm³/mol. The molecule has 106 valence electrons. The van der Waals surface area contributed by atoms with Crippen LogP contribution in [0, 0.1) is 0 Å². The van der Waals surface area contributed by atoms with Crippen LogP contribution in [0.25, 0.3) is 0 Å². The summed E-state index contributed by atoms with van der Waals surface area (Å²) in [4.78, 5) is 4.25. The number of anilines is 1. The second kappa shape index (κ2) is 7.38. The largest absolute Gasteiger partial charge is 0.494 e. The lowest BCUT2D eigenvalue weighted by Crippen LogP contribution is -2.02. The smallest absolute Gasteiger partial charge is 0.132 e. The van der Waals surface area contributed by atoms with E-state index in [4.69, 9.17) is 9.47 Å². The Morgan fingerprint density at radius 1 is 1.05 bits per heavy atom. The molecule has 0 unspecified atom stereocenters. The van der Waals surface area contributed by atoms with Crippen molar-refractivity contribution in [2.75, 3.05) is 19.0 Å². The van der Waals surface area contributed by atoms with Crippen LogP contribution in [0.4, 0.5) is 5.82 Å². The molecule has 0 fully saturated rings. The number of aromatic nitrogens is 1. The highest BCUT2D eigenvalue weighted by Gasteiger charge is 2.02. The van der Waals surface area contributed by atoms with Gasteiger partial charge in [-0.1, -0.05) is 13.0 Å². The normalized spacial score (nSPS) is 10.1. The fourth-order valence-corrected chi connectivity index (χ4v) is 1.79. The summed E-state index contributed by atoms with van der Waals surface area (Å²) in [5.41, 5.74) is 1.03. The quantitative estimate of drug-likeness (QED) is 0.838. The Morgan fingerprint density at radius 2 is 1.75 bits per heavy atom. The summed E-state index contributed by atoms with van der Waals surface area (Å²) in [5, 5.41) is 3.05. The van der Waals surface area contributed by atoms with Gasteiger partial charge >= 0.3 is 0 Å². The first-order chi connectivity index (χ1) is 9.83. The van der Waals surface area contributed by atoms with Gasteiger partial charge in [0.05, 0.1) is 6.61 Å². The third kappa shape index (κ3) is 3.88. The van der Waals surface area contributed by atoms with Gasteiger partial charge in [0.15, 0.2) is 0 Å². The highest BCUT2D eigenvalue weighted by atomic mass is 16.5. The van der Waals surface area contributed by atoms with Crippen LogP contribution in [-0.2, 0) is 6.61 Å². The van der Waals surface area contributed by atoms with Crippen LogP contribution < -0.4 is 14.8 Å². The van der Waals surface area contributed by atoms with Gasteiger partial charge in [-0.25, -0.2) is 4.98 Å². The summed E-state index contributed by atoms with van der Waals surface area (Å²) in [7, 11) is 1.85. The average Bonchev–Trinajstić information content (AvgIpc) is 2.52. The van der Waals surface area contributed by atoms with Crippen molar-refractivity contribution in [1.82, 2.24) is 4.98 Å². The Balaban J connectivity index is 1.93. The first-order valence-corrected chi connectivity index (χ1v) is 6.80. The van der Waals surface area contributed by atoms with Gasteiger partial charge in [0, 0.05) is 18.8 Å². The molecule has 1 aromatic heterocycles. The lowest BCUT2D eigenvalue weighted by molar-refractivity contribution is 0.301. The molecule has 20 heavy (non-hydrogen) atoms. The number of pyridine rings is 1. The van der Waals surface area contributed by atoms with Crippen molar-refractivity contribution in [2.45, 2.75) is 20.0 Å². The van der Waals surface area contributed by atoms with E-state index in [2.05, 4.69) is 17.2 Å². The maximum atomic E-state index is 5.76. The van der Waals surface area contributed by atoms with Crippen LogP contribution >= 0.6 is 0 Å². The van der Waals surface area contributed by atoms with E-state index in [0.29, 0.717) is 6.61 Å². The summed E-state index contributed by atoms with van der Waals surface area (Å²) in [5.74, 6) is 2.53. The Kier molecular flexibility index (Phi) is 5.24. The molecule has 0 saturated carbocycles. The van der Waals surface area contributed by atoms with Gasteiger partial charge in [-0.2, -0.15) is 0 Å². The van der Waals surface area contributed by atoms with Gasteiger partial charge in [-0.05, 0) is 36.8 Å². The van der Waals surface area contributed by atoms with Crippen molar-refractivity contribution in [1.29, 1.82) is 0 Å². The van der Waals surface area contributed by atoms with Crippen molar-refractivity contribution in [3.05, 3.63) is 48.2 Å². The summed E-state index contributed by atoms with van der Waals surface area (Å²) in [6.45, 7) is 3.31. The summed E-state index contributed by atoms with van der Waals surface area (Å²) in [6.07, 6.45) is 2.77. The number of ether oxygens (including phenoxy) is 2. The van der Waals surface area contributed by atoms with Crippen molar-refractivity contribution in [3.8, 4) is 11.5 Å². The SMILES string of the molecule is CCCOc1ccc(OCc2cccnc2NC)cc1. The zero-order valence-electron chi connectivity index (χ0n) is 11.9. The minimum absolute atomic E-state index is 0.485. The van der Waals surface area contributed by atoms with Crippen molar-refractivity contribution < 1.29 is 9.47 Å². The molecule has 1 aromatic carbocycles. The van der Waals surface area contributed by atoms with Crippen LogP contribution in [-0.4, -0.2) is 18.6 Å². The molecule has 4 nitrogen and oxygen atoms in total. The standard InChI is InChI=1S/C16H20N2O2/c1-3-11-19-14-6-8-15(9-7-14)20-12-13-5-4-10-18-16(13)17-2/h4-10H,3,11-12H2,1-2H3,(H,17,18). The molecule has 0 spiro atoms. The van der Waals surface area contributed by atoms with E-state index in [1.807, 2.05) is 43.4 Å². The highest BCUT2D eigenvalue weighted by molar-refractivity contribution is 5.43. The van der Waals surface area contributed by atoms with E-state index in [-0.39, 0.29) is 0 Å². The fraction of sp³-hybridized carbons (Fsp3) is 0.312. The molecular formula is C16H20N2O2. The number of nitrogens with zero attached hydrogens (tertiary/aromatic N) is 1. The maximum Gasteiger partial charge on any atom is 0.132 e.